The summed E-state index contributed by atoms with van der Waals surface area (Å²) in [6.45, 7) is 5.68. The maximum absolute atomic E-state index is 12.9. The number of aliphatic imine (C=N–C) groups is 1. The molecule has 0 spiro atoms. The van der Waals surface area contributed by atoms with Crippen molar-refractivity contribution in [3.05, 3.63) is 40.4 Å². The standard InChI is InChI=1S/C25H36N8O2/c1-31-11-5-17(6-12-31)18-3-4-21-20(15-18)29-23-22(35-21)16-33(25(34)30-23)19-7-13-32(14-8-19)10-2-9-28-24(26)27/h3-4,15-17,19H,2,5-14H2,1H3,(H4,26,27,28)(H,29,30,34). The lowest BCUT2D eigenvalue weighted by atomic mass is 9.89. The summed E-state index contributed by atoms with van der Waals surface area (Å²) in [5.41, 5.74) is 12.7. The molecule has 5 rings (SSSR count). The van der Waals surface area contributed by atoms with E-state index in [9.17, 15) is 4.79 Å². The molecule has 0 unspecified atom stereocenters. The predicted octanol–water partition coefficient (Wildman–Crippen LogP) is 2.20. The van der Waals surface area contributed by atoms with Crippen LogP contribution in [0, 0.1) is 0 Å². The van der Waals surface area contributed by atoms with Crippen LogP contribution in [0.1, 0.15) is 49.6 Å². The van der Waals surface area contributed by atoms with Crippen LogP contribution in [0.25, 0.3) is 0 Å². The van der Waals surface area contributed by atoms with E-state index in [0.29, 0.717) is 24.0 Å². The lowest BCUT2D eigenvalue weighted by Gasteiger charge is -2.33. The Labute approximate surface area is 206 Å². The molecule has 10 heteroatoms. The SMILES string of the molecule is CN1CCC(c2ccc3c(c2)Nc2nc(=O)n(C4CCN(CCCN=C(N)N)CC4)cc2O3)CC1. The second-order valence-corrected chi connectivity index (χ2v) is 9.94. The molecule has 1 aromatic heterocycles. The molecule has 35 heavy (non-hydrogen) atoms. The van der Waals surface area contributed by atoms with Crippen LogP contribution in [0.4, 0.5) is 11.5 Å². The highest BCUT2D eigenvalue weighted by Crippen LogP contribution is 2.42. The van der Waals surface area contributed by atoms with Gasteiger partial charge in [0.05, 0.1) is 11.9 Å². The van der Waals surface area contributed by atoms with E-state index in [2.05, 4.69) is 44.3 Å². The molecular formula is C25H36N8O2. The van der Waals surface area contributed by atoms with Crippen LogP contribution in [-0.4, -0.2) is 71.6 Å². The van der Waals surface area contributed by atoms with Crippen LogP contribution < -0.4 is 27.2 Å². The normalized spacial score (nSPS) is 19.3. The van der Waals surface area contributed by atoms with Crippen molar-refractivity contribution < 1.29 is 4.74 Å². The average molecular weight is 481 g/mol. The number of hydrogen-bond donors (Lipinski definition) is 3. The van der Waals surface area contributed by atoms with Crippen molar-refractivity contribution in [3.8, 4) is 11.5 Å². The van der Waals surface area contributed by atoms with Crippen molar-refractivity contribution in [3.63, 3.8) is 0 Å². The number of ether oxygens (including phenoxy) is 1. The summed E-state index contributed by atoms with van der Waals surface area (Å²) in [7, 11) is 2.18. The van der Waals surface area contributed by atoms with Crippen molar-refractivity contribution >= 4 is 17.5 Å². The maximum Gasteiger partial charge on any atom is 0.350 e. The van der Waals surface area contributed by atoms with Gasteiger partial charge in [-0.2, -0.15) is 4.98 Å². The topological polar surface area (TPSA) is 127 Å². The van der Waals surface area contributed by atoms with Gasteiger partial charge in [0.25, 0.3) is 0 Å². The van der Waals surface area contributed by atoms with Gasteiger partial charge in [-0.05, 0) is 82.4 Å². The number of nitrogens with zero attached hydrogens (tertiary/aromatic N) is 5. The minimum atomic E-state index is -0.235. The third kappa shape index (κ3) is 5.43. The van der Waals surface area contributed by atoms with Crippen molar-refractivity contribution in [2.45, 2.75) is 44.1 Å². The number of aromatic nitrogens is 2. The van der Waals surface area contributed by atoms with Crippen LogP contribution in [0.5, 0.6) is 11.5 Å². The van der Waals surface area contributed by atoms with E-state index in [1.165, 1.54) is 5.56 Å². The molecule has 0 saturated carbocycles. The van der Waals surface area contributed by atoms with Crippen LogP contribution in [-0.2, 0) is 0 Å². The summed E-state index contributed by atoms with van der Waals surface area (Å²) in [6.07, 6.45) is 6.85. The Morgan fingerprint density at radius 3 is 2.66 bits per heavy atom. The third-order valence-corrected chi connectivity index (χ3v) is 7.46. The second kappa shape index (κ2) is 10.2. The molecule has 5 N–H and O–H groups in total. The van der Waals surface area contributed by atoms with Gasteiger partial charge in [-0.15, -0.1) is 0 Å². The molecule has 4 heterocycles. The van der Waals surface area contributed by atoms with E-state index in [1.807, 2.05) is 12.3 Å². The molecule has 2 aromatic rings. The highest BCUT2D eigenvalue weighted by atomic mass is 16.5. The van der Waals surface area contributed by atoms with E-state index in [4.69, 9.17) is 16.2 Å². The van der Waals surface area contributed by atoms with Crippen LogP contribution in [0.3, 0.4) is 0 Å². The molecule has 188 valence electrons. The number of guanidine groups is 1. The Balaban J connectivity index is 1.23. The third-order valence-electron chi connectivity index (χ3n) is 7.46. The molecule has 0 radical (unpaired) electrons. The number of benzene rings is 1. The first-order chi connectivity index (χ1) is 17.0. The van der Waals surface area contributed by atoms with Gasteiger partial charge in [-0.1, -0.05) is 6.07 Å². The zero-order chi connectivity index (χ0) is 24.4. The Morgan fingerprint density at radius 2 is 1.91 bits per heavy atom. The molecule has 3 aliphatic heterocycles. The molecule has 2 fully saturated rings. The fourth-order valence-corrected chi connectivity index (χ4v) is 5.38. The van der Waals surface area contributed by atoms with E-state index < -0.39 is 0 Å². The van der Waals surface area contributed by atoms with Gasteiger partial charge in [-0.25, -0.2) is 4.79 Å². The zero-order valence-corrected chi connectivity index (χ0v) is 20.4. The molecule has 0 amide bonds. The molecule has 2 saturated heterocycles. The number of likely N-dealkylation sites (tertiary alicyclic amines) is 2. The van der Waals surface area contributed by atoms with E-state index in [-0.39, 0.29) is 17.7 Å². The van der Waals surface area contributed by atoms with Gasteiger partial charge in [0.2, 0.25) is 0 Å². The first-order valence-electron chi connectivity index (χ1n) is 12.6. The minimum absolute atomic E-state index is 0.117. The average Bonchev–Trinajstić information content (AvgIpc) is 2.85. The number of hydrogen-bond acceptors (Lipinski definition) is 7. The molecule has 10 nitrogen and oxygen atoms in total. The highest BCUT2D eigenvalue weighted by Gasteiger charge is 2.26. The molecule has 1 aromatic carbocycles. The van der Waals surface area contributed by atoms with Crippen molar-refractivity contribution in [2.24, 2.45) is 16.5 Å². The van der Waals surface area contributed by atoms with Crippen molar-refractivity contribution in [1.29, 1.82) is 0 Å². The predicted molar refractivity (Wildman–Crippen MR) is 138 cm³/mol. The van der Waals surface area contributed by atoms with Crippen molar-refractivity contribution in [2.75, 3.05) is 51.6 Å². The number of anilines is 2. The Kier molecular flexibility index (Phi) is 6.92. The molecule has 0 aliphatic carbocycles. The van der Waals surface area contributed by atoms with Gasteiger partial charge in [-0.3, -0.25) is 9.56 Å². The summed E-state index contributed by atoms with van der Waals surface area (Å²) in [5.74, 6) is 2.56. The second-order valence-electron chi connectivity index (χ2n) is 9.94. The number of rotatable bonds is 6. The first-order valence-corrected chi connectivity index (χ1v) is 12.6. The monoisotopic (exact) mass is 480 g/mol. The fraction of sp³-hybridized carbons (Fsp3) is 0.560. The lowest BCUT2D eigenvalue weighted by molar-refractivity contribution is 0.182. The minimum Gasteiger partial charge on any atom is -0.450 e. The molecule has 0 bridgehead atoms. The molecular weight excluding hydrogens is 444 g/mol. The smallest absolute Gasteiger partial charge is 0.350 e. The summed E-state index contributed by atoms with van der Waals surface area (Å²) < 4.78 is 7.94. The number of fused-ring (bicyclic) bond motifs is 2. The largest absolute Gasteiger partial charge is 0.450 e. The van der Waals surface area contributed by atoms with Crippen molar-refractivity contribution in [1.82, 2.24) is 19.4 Å². The number of nitrogens with two attached hydrogens (primary N) is 2. The van der Waals surface area contributed by atoms with Gasteiger partial charge in [0.15, 0.2) is 23.3 Å². The molecule has 3 aliphatic rings. The summed E-state index contributed by atoms with van der Waals surface area (Å²) in [4.78, 5) is 26.1. The lowest BCUT2D eigenvalue weighted by Crippen LogP contribution is -2.38. The summed E-state index contributed by atoms with van der Waals surface area (Å²) in [6, 6.07) is 6.49. The van der Waals surface area contributed by atoms with Crippen LogP contribution in [0.2, 0.25) is 0 Å². The Bertz CT molecular complexity index is 1130. The number of nitrogens with one attached hydrogen (secondary N) is 1. The quantitative estimate of drug-likeness (QED) is 0.278. The summed E-state index contributed by atoms with van der Waals surface area (Å²) in [5, 5.41) is 3.35. The van der Waals surface area contributed by atoms with Gasteiger partial charge in [0.1, 0.15) is 0 Å². The summed E-state index contributed by atoms with van der Waals surface area (Å²) >= 11 is 0. The number of piperidine rings is 2. The van der Waals surface area contributed by atoms with E-state index in [1.54, 1.807) is 4.57 Å². The maximum atomic E-state index is 12.9. The fourth-order valence-electron chi connectivity index (χ4n) is 5.38. The van der Waals surface area contributed by atoms with Gasteiger partial charge >= 0.3 is 5.69 Å². The van der Waals surface area contributed by atoms with Gasteiger partial charge < -0.3 is 31.3 Å². The van der Waals surface area contributed by atoms with Gasteiger partial charge in [0, 0.05) is 25.7 Å². The van der Waals surface area contributed by atoms with E-state index >= 15 is 0 Å². The molecule has 0 atom stereocenters. The first kappa shape index (κ1) is 23.6. The highest BCUT2D eigenvalue weighted by molar-refractivity contribution is 5.75. The Hall–Kier alpha value is -3.11. The van der Waals surface area contributed by atoms with Crippen LogP contribution in [0.15, 0.2) is 34.2 Å². The van der Waals surface area contributed by atoms with Crippen LogP contribution >= 0.6 is 0 Å². The zero-order valence-electron chi connectivity index (χ0n) is 20.4. The Morgan fingerprint density at radius 1 is 1.14 bits per heavy atom. The van der Waals surface area contributed by atoms with E-state index in [0.717, 1.165) is 76.3 Å².